The van der Waals surface area contributed by atoms with E-state index in [-0.39, 0.29) is 0 Å². The van der Waals surface area contributed by atoms with Gasteiger partial charge in [0.15, 0.2) is 0 Å². The molecule has 0 fully saturated rings. The van der Waals surface area contributed by atoms with Gasteiger partial charge in [0.1, 0.15) is 11.5 Å². The second-order valence-corrected chi connectivity index (χ2v) is 4.57. The van der Waals surface area contributed by atoms with Crippen molar-refractivity contribution in [2.75, 3.05) is 6.54 Å². The molecule has 2 nitrogen and oxygen atoms in total. The minimum absolute atomic E-state index is 0.595. The summed E-state index contributed by atoms with van der Waals surface area (Å²) in [6.07, 6.45) is 1.74. The molecule has 1 aromatic heterocycles. The molecule has 0 bridgehead atoms. The Hall–Kier alpha value is -0.960. The molecular formula is C13H13Cl2NO. The first-order valence-corrected chi connectivity index (χ1v) is 6.21. The molecule has 0 aliphatic heterocycles. The predicted octanol–water partition coefficient (Wildman–Crippen LogP) is 4.14. The van der Waals surface area contributed by atoms with Gasteiger partial charge in [0.05, 0.1) is 15.6 Å². The van der Waals surface area contributed by atoms with E-state index in [1.165, 1.54) is 0 Å². The Morgan fingerprint density at radius 1 is 1.06 bits per heavy atom. The fraction of sp³-hybridized carbons (Fsp3) is 0.231. The van der Waals surface area contributed by atoms with E-state index in [1.807, 2.05) is 18.2 Å². The summed E-state index contributed by atoms with van der Waals surface area (Å²) >= 11 is 12.2. The van der Waals surface area contributed by atoms with Crippen LogP contribution in [-0.4, -0.2) is 6.54 Å². The maximum absolute atomic E-state index is 6.11. The van der Waals surface area contributed by atoms with Crippen molar-refractivity contribution in [1.29, 1.82) is 0 Å². The SMILES string of the molecule is NCCCc1ccc(-c2c(Cl)cccc2Cl)o1. The molecule has 2 N–H and O–H groups in total. The average Bonchev–Trinajstić information content (AvgIpc) is 2.75. The molecule has 90 valence electrons. The fourth-order valence-corrected chi connectivity index (χ4v) is 2.24. The van der Waals surface area contributed by atoms with Gasteiger partial charge in [-0.25, -0.2) is 0 Å². The van der Waals surface area contributed by atoms with E-state index in [1.54, 1.807) is 12.1 Å². The minimum Gasteiger partial charge on any atom is -0.461 e. The topological polar surface area (TPSA) is 39.2 Å². The van der Waals surface area contributed by atoms with Crippen LogP contribution < -0.4 is 5.73 Å². The van der Waals surface area contributed by atoms with E-state index >= 15 is 0 Å². The Bertz CT molecular complexity index is 488. The third kappa shape index (κ3) is 2.83. The fourth-order valence-electron chi connectivity index (χ4n) is 1.66. The molecule has 2 aromatic rings. The number of nitrogens with two attached hydrogens (primary N) is 1. The maximum Gasteiger partial charge on any atom is 0.137 e. The molecule has 0 unspecified atom stereocenters. The average molecular weight is 270 g/mol. The first kappa shape index (κ1) is 12.5. The van der Waals surface area contributed by atoms with Gasteiger partial charge in [-0.3, -0.25) is 0 Å². The van der Waals surface area contributed by atoms with Crippen molar-refractivity contribution in [2.24, 2.45) is 5.73 Å². The van der Waals surface area contributed by atoms with Gasteiger partial charge < -0.3 is 10.2 Å². The zero-order chi connectivity index (χ0) is 12.3. The Labute approximate surface area is 110 Å². The van der Waals surface area contributed by atoms with Crippen molar-refractivity contribution >= 4 is 23.2 Å². The lowest BCUT2D eigenvalue weighted by molar-refractivity contribution is 0.515. The molecular weight excluding hydrogens is 257 g/mol. The predicted molar refractivity (Wildman–Crippen MR) is 71.5 cm³/mol. The normalized spacial score (nSPS) is 10.8. The van der Waals surface area contributed by atoms with E-state index < -0.39 is 0 Å². The number of rotatable bonds is 4. The van der Waals surface area contributed by atoms with Crippen LogP contribution >= 0.6 is 23.2 Å². The minimum atomic E-state index is 0.595. The van der Waals surface area contributed by atoms with Crippen molar-refractivity contribution in [3.8, 4) is 11.3 Å². The zero-order valence-electron chi connectivity index (χ0n) is 9.25. The summed E-state index contributed by atoms with van der Waals surface area (Å²) in [4.78, 5) is 0. The van der Waals surface area contributed by atoms with E-state index in [2.05, 4.69) is 0 Å². The molecule has 1 aromatic carbocycles. The quantitative estimate of drug-likeness (QED) is 0.906. The molecule has 0 aliphatic rings. The lowest BCUT2D eigenvalue weighted by Crippen LogP contribution is -1.99. The third-order valence-electron chi connectivity index (χ3n) is 2.50. The number of halogens is 2. The highest BCUT2D eigenvalue weighted by Crippen LogP contribution is 2.35. The molecule has 4 heteroatoms. The van der Waals surface area contributed by atoms with Crippen molar-refractivity contribution in [3.63, 3.8) is 0 Å². The summed E-state index contributed by atoms with van der Waals surface area (Å²) in [6, 6.07) is 9.23. The first-order valence-electron chi connectivity index (χ1n) is 5.45. The van der Waals surface area contributed by atoms with E-state index in [4.69, 9.17) is 33.4 Å². The van der Waals surface area contributed by atoms with Crippen LogP contribution in [0.2, 0.25) is 10.0 Å². The number of hydrogen-bond acceptors (Lipinski definition) is 2. The Balaban J connectivity index is 2.30. The summed E-state index contributed by atoms with van der Waals surface area (Å²) in [5, 5.41) is 1.19. The molecule has 0 saturated carbocycles. The van der Waals surface area contributed by atoms with Gasteiger partial charge in [-0.15, -0.1) is 0 Å². The van der Waals surface area contributed by atoms with Gasteiger partial charge in [0.2, 0.25) is 0 Å². The highest BCUT2D eigenvalue weighted by molar-refractivity contribution is 6.39. The zero-order valence-corrected chi connectivity index (χ0v) is 10.8. The smallest absolute Gasteiger partial charge is 0.137 e. The van der Waals surface area contributed by atoms with E-state index in [9.17, 15) is 0 Å². The lowest BCUT2D eigenvalue weighted by Gasteiger charge is -2.03. The Morgan fingerprint density at radius 3 is 2.41 bits per heavy atom. The highest BCUT2D eigenvalue weighted by atomic mass is 35.5. The van der Waals surface area contributed by atoms with Crippen LogP contribution in [0.3, 0.4) is 0 Å². The molecule has 0 atom stereocenters. The number of aryl methyl sites for hydroxylation is 1. The standard InChI is InChI=1S/C13H13Cl2NO/c14-10-4-1-5-11(15)13(10)12-7-6-9(17-12)3-2-8-16/h1,4-7H,2-3,8,16H2. The molecule has 1 heterocycles. The van der Waals surface area contributed by atoms with Gasteiger partial charge >= 0.3 is 0 Å². The molecule has 17 heavy (non-hydrogen) atoms. The van der Waals surface area contributed by atoms with Crippen LogP contribution in [0.1, 0.15) is 12.2 Å². The largest absolute Gasteiger partial charge is 0.461 e. The number of furan rings is 1. The molecule has 2 rings (SSSR count). The first-order chi connectivity index (χ1) is 8.22. The summed E-state index contributed by atoms with van der Waals surface area (Å²) < 4.78 is 5.71. The van der Waals surface area contributed by atoms with Crippen molar-refractivity contribution < 1.29 is 4.42 Å². The molecule has 0 aliphatic carbocycles. The van der Waals surface area contributed by atoms with E-state index in [0.29, 0.717) is 22.4 Å². The van der Waals surface area contributed by atoms with Crippen LogP contribution in [-0.2, 0) is 6.42 Å². The molecule has 0 radical (unpaired) electrons. The Morgan fingerprint density at radius 2 is 1.76 bits per heavy atom. The van der Waals surface area contributed by atoms with Crippen LogP contribution in [0.25, 0.3) is 11.3 Å². The maximum atomic E-state index is 6.11. The summed E-state index contributed by atoms with van der Waals surface area (Å²) in [5.74, 6) is 1.61. The third-order valence-corrected chi connectivity index (χ3v) is 3.13. The summed E-state index contributed by atoms with van der Waals surface area (Å²) in [7, 11) is 0. The summed E-state index contributed by atoms with van der Waals surface area (Å²) in [5.41, 5.74) is 6.20. The van der Waals surface area contributed by atoms with Crippen LogP contribution in [0.4, 0.5) is 0 Å². The Kier molecular flexibility index (Phi) is 4.11. The molecule has 0 saturated heterocycles. The van der Waals surface area contributed by atoms with Gasteiger partial charge in [-0.05, 0) is 37.2 Å². The van der Waals surface area contributed by atoms with Crippen molar-refractivity contribution in [3.05, 3.63) is 46.1 Å². The monoisotopic (exact) mass is 269 g/mol. The lowest BCUT2D eigenvalue weighted by atomic mass is 10.2. The molecule has 0 spiro atoms. The second kappa shape index (κ2) is 5.58. The highest BCUT2D eigenvalue weighted by Gasteiger charge is 2.12. The number of hydrogen-bond donors (Lipinski definition) is 1. The molecule has 0 amide bonds. The summed E-state index contributed by atoms with van der Waals surface area (Å²) in [6.45, 7) is 0.656. The van der Waals surface area contributed by atoms with Crippen molar-refractivity contribution in [2.45, 2.75) is 12.8 Å². The van der Waals surface area contributed by atoms with Gasteiger partial charge in [-0.1, -0.05) is 29.3 Å². The van der Waals surface area contributed by atoms with Crippen LogP contribution in [0, 0.1) is 0 Å². The van der Waals surface area contributed by atoms with Crippen LogP contribution in [0.15, 0.2) is 34.7 Å². The number of benzene rings is 1. The van der Waals surface area contributed by atoms with E-state index in [0.717, 1.165) is 24.2 Å². The van der Waals surface area contributed by atoms with Gasteiger partial charge in [-0.2, -0.15) is 0 Å². The van der Waals surface area contributed by atoms with Crippen molar-refractivity contribution in [1.82, 2.24) is 0 Å². The van der Waals surface area contributed by atoms with Crippen LogP contribution in [0.5, 0.6) is 0 Å². The van der Waals surface area contributed by atoms with Gasteiger partial charge in [0.25, 0.3) is 0 Å². The second-order valence-electron chi connectivity index (χ2n) is 3.75. The van der Waals surface area contributed by atoms with Gasteiger partial charge in [0, 0.05) is 6.42 Å².